The second kappa shape index (κ2) is 5.30. The molecule has 6 heteroatoms. The normalized spacial score (nSPS) is 13.5. The van der Waals surface area contributed by atoms with Crippen LogP contribution in [0.4, 0.5) is 4.39 Å². The second-order valence-corrected chi connectivity index (χ2v) is 5.31. The highest BCUT2D eigenvalue weighted by Gasteiger charge is 2.27. The fourth-order valence-electron chi connectivity index (χ4n) is 1.84. The fraction of sp³-hybridized carbons (Fsp3) is 0.429. The Morgan fingerprint density at radius 3 is 2.55 bits per heavy atom. The van der Waals surface area contributed by atoms with Crippen molar-refractivity contribution < 1.29 is 14.6 Å². The molecule has 0 spiro atoms. The zero-order chi connectivity index (χ0) is 14.9. The van der Waals surface area contributed by atoms with E-state index in [0.717, 1.165) is 6.20 Å². The van der Waals surface area contributed by atoms with Gasteiger partial charge in [-0.2, -0.15) is 5.10 Å². The average molecular weight is 279 g/mol. The predicted octanol–water partition coefficient (Wildman–Crippen LogP) is 1.91. The summed E-state index contributed by atoms with van der Waals surface area (Å²) in [4.78, 5) is 3.96. The third-order valence-corrected chi connectivity index (χ3v) is 3.35. The molecular formula is C14H18FN3O2. The Labute approximate surface area is 116 Å². The van der Waals surface area contributed by atoms with E-state index >= 15 is 0 Å². The van der Waals surface area contributed by atoms with E-state index in [2.05, 4.69) is 10.1 Å². The van der Waals surface area contributed by atoms with Crippen LogP contribution in [0, 0.1) is 5.82 Å². The summed E-state index contributed by atoms with van der Waals surface area (Å²) >= 11 is 0. The predicted molar refractivity (Wildman–Crippen MR) is 72.3 cm³/mol. The van der Waals surface area contributed by atoms with Crippen LogP contribution in [0.25, 0.3) is 11.4 Å². The van der Waals surface area contributed by atoms with Crippen molar-refractivity contribution in [2.75, 3.05) is 0 Å². The van der Waals surface area contributed by atoms with Gasteiger partial charge in [-0.15, -0.1) is 0 Å². The molecule has 0 aromatic carbocycles. The smallest absolute Gasteiger partial charge is 0.141 e. The highest BCUT2D eigenvalue weighted by molar-refractivity contribution is 5.54. The molecule has 0 amide bonds. The van der Waals surface area contributed by atoms with Crippen LogP contribution in [0.3, 0.4) is 0 Å². The van der Waals surface area contributed by atoms with E-state index in [-0.39, 0.29) is 12.6 Å². The zero-order valence-corrected chi connectivity index (χ0v) is 11.7. The summed E-state index contributed by atoms with van der Waals surface area (Å²) in [5.41, 5.74) is 0.636. The molecule has 5 nitrogen and oxygen atoms in total. The largest absolute Gasteiger partial charge is 0.390 e. The molecule has 2 heterocycles. The number of pyridine rings is 1. The van der Waals surface area contributed by atoms with Gasteiger partial charge in [0.05, 0.1) is 35.8 Å². The summed E-state index contributed by atoms with van der Waals surface area (Å²) in [7, 11) is 0. The van der Waals surface area contributed by atoms with E-state index in [1.807, 2.05) is 6.92 Å². The van der Waals surface area contributed by atoms with Crippen LogP contribution in [0.2, 0.25) is 0 Å². The Balaban J connectivity index is 2.43. The molecule has 1 atom stereocenters. The highest BCUT2D eigenvalue weighted by Crippen LogP contribution is 2.26. The molecule has 20 heavy (non-hydrogen) atoms. The van der Waals surface area contributed by atoms with E-state index in [1.165, 1.54) is 12.1 Å². The molecule has 0 bridgehead atoms. The molecule has 0 saturated carbocycles. The molecule has 0 fully saturated rings. The third kappa shape index (κ3) is 2.86. The van der Waals surface area contributed by atoms with Crippen LogP contribution in [-0.4, -0.2) is 30.6 Å². The Hall–Kier alpha value is -1.79. The highest BCUT2D eigenvalue weighted by atomic mass is 19.1. The number of rotatable bonds is 4. The lowest BCUT2D eigenvalue weighted by molar-refractivity contribution is 0.0234. The Bertz CT molecular complexity index is 587. The SMILES string of the molecule is CC(n1nc(-c2ccc(F)cn2)cc1CO)C(C)(C)O. The Morgan fingerprint density at radius 1 is 1.35 bits per heavy atom. The van der Waals surface area contributed by atoms with Gasteiger partial charge in [-0.25, -0.2) is 4.39 Å². The molecule has 2 aromatic rings. The van der Waals surface area contributed by atoms with E-state index in [4.69, 9.17) is 0 Å². The van der Waals surface area contributed by atoms with Gasteiger partial charge in [0.25, 0.3) is 0 Å². The van der Waals surface area contributed by atoms with Crippen molar-refractivity contribution in [3.8, 4) is 11.4 Å². The number of halogens is 1. The first kappa shape index (κ1) is 14.6. The van der Waals surface area contributed by atoms with Crippen LogP contribution in [-0.2, 0) is 6.61 Å². The van der Waals surface area contributed by atoms with E-state index in [0.29, 0.717) is 17.1 Å². The van der Waals surface area contributed by atoms with Crippen LogP contribution in [0.5, 0.6) is 0 Å². The number of aliphatic hydroxyl groups excluding tert-OH is 1. The molecule has 0 aliphatic rings. The maximum atomic E-state index is 12.9. The minimum absolute atomic E-state index is 0.200. The molecule has 0 aliphatic heterocycles. The molecule has 2 rings (SSSR count). The number of aromatic nitrogens is 3. The summed E-state index contributed by atoms with van der Waals surface area (Å²) in [5.74, 6) is -0.416. The van der Waals surface area contributed by atoms with Gasteiger partial charge in [-0.3, -0.25) is 9.67 Å². The minimum Gasteiger partial charge on any atom is -0.390 e. The number of nitrogens with zero attached hydrogens (tertiary/aromatic N) is 3. The van der Waals surface area contributed by atoms with Crippen LogP contribution in [0.15, 0.2) is 24.4 Å². The van der Waals surface area contributed by atoms with Gasteiger partial charge in [0.2, 0.25) is 0 Å². The Morgan fingerprint density at radius 2 is 2.05 bits per heavy atom. The van der Waals surface area contributed by atoms with Crippen molar-refractivity contribution >= 4 is 0 Å². The van der Waals surface area contributed by atoms with Crippen molar-refractivity contribution in [1.82, 2.24) is 14.8 Å². The lowest BCUT2D eigenvalue weighted by atomic mass is 10.0. The van der Waals surface area contributed by atoms with E-state index in [9.17, 15) is 14.6 Å². The van der Waals surface area contributed by atoms with E-state index in [1.54, 1.807) is 24.6 Å². The molecule has 0 radical (unpaired) electrons. The molecule has 0 saturated heterocycles. The quantitative estimate of drug-likeness (QED) is 0.896. The summed E-state index contributed by atoms with van der Waals surface area (Å²) in [6.07, 6.45) is 1.12. The van der Waals surface area contributed by atoms with Crippen molar-refractivity contribution in [2.45, 2.75) is 39.0 Å². The first-order valence-electron chi connectivity index (χ1n) is 6.36. The van der Waals surface area contributed by atoms with Crippen molar-refractivity contribution in [2.24, 2.45) is 0 Å². The van der Waals surface area contributed by atoms with Gasteiger partial charge in [0, 0.05) is 0 Å². The van der Waals surface area contributed by atoms with Crippen LogP contribution >= 0.6 is 0 Å². The molecule has 2 aromatic heterocycles. The average Bonchev–Trinajstić information content (AvgIpc) is 2.81. The first-order chi connectivity index (χ1) is 9.32. The molecule has 0 aliphatic carbocycles. The maximum Gasteiger partial charge on any atom is 0.141 e. The first-order valence-corrected chi connectivity index (χ1v) is 6.36. The minimum atomic E-state index is -0.983. The van der Waals surface area contributed by atoms with Gasteiger partial charge < -0.3 is 10.2 Å². The van der Waals surface area contributed by atoms with Crippen molar-refractivity contribution in [3.63, 3.8) is 0 Å². The van der Waals surface area contributed by atoms with Gasteiger partial charge >= 0.3 is 0 Å². The summed E-state index contributed by atoms with van der Waals surface area (Å²) in [6, 6.07) is 4.19. The summed E-state index contributed by atoms with van der Waals surface area (Å²) in [6.45, 7) is 4.97. The second-order valence-electron chi connectivity index (χ2n) is 5.31. The molecule has 108 valence electrons. The summed E-state index contributed by atoms with van der Waals surface area (Å²) in [5, 5.41) is 23.8. The topological polar surface area (TPSA) is 71.2 Å². The number of aliphatic hydroxyl groups is 2. The van der Waals surface area contributed by atoms with Crippen LogP contribution in [0.1, 0.15) is 32.5 Å². The van der Waals surface area contributed by atoms with Crippen molar-refractivity contribution in [3.05, 3.63) is 35.9 Å². The molecular weight excluding hydrogens is 261 g/mol. The zero-order valence-electron chi connectivity index (χ0n) is 11.7. The monoisotopic (exact) mass is 279 g/mol. The fourth-order valence-corrected chi connectivity index (χ4v) is 1.84. The Kier molecular flexibility index (Phi) is 3.87. The van der Waals surface area contributed by atoms with E-state index < -0.39 is 11.4 Å². The summed E-state index contributed by atoms with van der Waals surface area (Å²) < 4.78 is 14.4. The van der Waals surface area contributed by atoms with Gasteiger partial charge in [0.15, 0.2) is 0 Å². The molecule has 1 unspecified atom stereocenters. The lowest BCUT2D eigenvalue weighted by Gasteiger charge is -2.27. The third-order valence-electron chi connectivity index (χ3n) is 3.35. The lowest BCUT2D eigenvalue weighted by Crippen LogP contribution is -2.32. The number of hydrogen-bond donors (Lipinski definition) is 2. The standard InChI is InChI=1S/C14H18FN3O2/c1-9(14(2,3)20)18-11(8-19)6-13(17-18)12-5-4-10(15)7-16-12/h4-7,9,19-20H,8H2,1-3H3. The van der Waals surface area contributed by atoms with Gasteiger partial charge in [0.1, 0.15) is 11.5 Å². The number of hydrogen-bond acceptors (Lipinski definition) is 4. The van der Waals surface area contributed by atoms with Gasteiger partial charge in [-0.05, 0) is 39.0 Å². The maximum absolute atomic E-state index is 12.9. The van der Waals surface area contributed by atoms with Crippen molar-refractivity contribution in [1.29, 1.82) is 0 Å². The molecule has 2 N–H and O–H groups in total. The van der Waals surface area contributed by atoms with Crippen LogP contribution < -0.4 is 0 Å². The van der Waals surface area contributed by atoms with Gasteiger partial charge in [-0.1, -0.05) is 0 Å².